The largest absolute Gasteiger partial charge is 0.326 e. The Labute approximate surface area is 131 Å². The molecule has 2 unspecified atom stereocenters. The van der Waals surface area contributed by atoms with Crippen LogP contribution in [0.15, 0.2) is 0 Å². The van der Waals surface area contributed by atoms with Crippen molar-refractivity contribution in [1.29, 1.82) is 0 Å². The third-order valence-electron chi connectivity index (χ3n) is 4.50. The van der Waals surface area contributed by atoms with E-state index < -0.39 is 0 Å². The van der Waals surface area contributed by atoms with Gasteiger partial charge in [-0.25, -0.2) is 0 Å². The molecule has 1 aliphatic rings. The van der Waals surface area contributed by atoms with Crippen LogP contribution in [-0.2, 0) is 4.79 Å². The minimum atomic E-state index is 0.0343. The fraction of sp³-hybridized carbons (Fsp3) is 0.941. The third kappa shape index (κ3) is 5.59. The molecule has 0 bridgehead atoms. The van der Waals surface area contributed by atoms with Crippen LogP contribution < -0.4 is 5.32 Å². The second kappa shape index (κ2) is 8.74. The van der Waals surface area contributed by atoms with E-state index in [0.29, 0.717) is 17.9 Å². The highest BCUT2D eigenvalue weighted by molar-refractivity contribution is 5.84. The van der Waals surface area contributed by atoms with E-state index in [1.54, 1.807) is 0 Å². The molecule has 21 heavy (non-hydrogen) atoms. The Hall–Kier alpha value is -0.610. The third-order valence-corrected chi connectivity index (χ3v) is 4.50. The summed E-state index contributed by atoms with van der Waals surface area (Å²) in [6, 6.07) is 0.630. The maximum absolute atomic E-state index is 12.4. The first-order valence-corrected chi connectivity index (χ1v) is 8.63. The van der Waals surface area contributed by atoms with Crippen molar-refractivity contribution in [3.05, 3.63) is 0 Å². The molecule has 1 heterocycles. The Bertz CT molecular complexity index is 317. The van der Waals surface area contributed by atoms with Gasteiger partial charge in [-0.3, -0.25) is 10.1 Å². The van der Waals surface area contributed by atoms with Gasteiger partial charge in [-0.15, -0.1) is 0 Å². The lowest BCUT2D eigenvalue weighted by Gasteiger charge is -2.26. The average molecular weight is 297 g/mol. The lowest BCUT2D eigenvalue weighted by atomic mass is 10.1. The molecule has 0 spiro atoms. The predicted molar refractivity (Wildman–Crippen MR) is 89.2 cm³/mol. The Morgan fingerprint density at radius 1 is 1.24 bits per heavy atom. The highest BCUT2D eigenvalue weighted by atomic mass is 16.2. The predicted octanol–water partition coefficient (Wildman–Crippen LogP) is 2.69. The zero-order valence-corrected chi connectivity index (χ0v) is 14.9. The molecule has 1 amide bonds. The fourth-order valence-corrected chi connectivity index (χ4v) is 2.85. The number of nitrogens with zero attached hydrogens (tertiary/aromatic N) is 2. The monoisotopic (exact) mass is 297 g/mol. The summed E-state index contributed by atoms with van der Waals surface area (Å²) in [5, 5.41) is 3.51. The van der Waals surface area contributed by atoms with Crippen molar-refractivity contribution >= 4 is 5.91 Å². The van der Waals surface area contributed by atoms with Gasteiger partial charge in [-0.1, -0.05) is 20.8 Å². The molecule has 2 atom stereocenters. The number of carbonyl (C=O) groups is 1. The van der Waals surface area contributed by atoms with Crippen LogP contribution >= 0.6 is 0 Å². The zero-order valence-electron chi connectivity index (χ0n) is 14.9. The van der Waals surface area contributed by atoms with Crippen LogP contribution in [0, 0.1) is 5.92 Å². The number of rotatable bonds is 9. The molecule has 1 N–H and O–H groups in total. The second-order valence-electron chi connectivity index (χ2n) is 7.09. The molecule has 0 saturated carbocycles. The van der Waals surface area contributed by atoms with Crippen molar-refractivity contribution in [2.45, 2.75) is 78.6 Å². The van der Waals surface area contributed by atoms with Crippen LogP contribution in [0.1, 0.15) is 60.3 Å². The van der Waals surface area contributed by atoms with E-state index in [0.717, 1.165) is 38.8 Å². The lowest BCUT2D eigenvalue weighted by molar-refractivity contribution is -0.130. The topological polar surface area (TPSA) is 35.6 Å². The van der Waals surface area contributed by atoms with Crippen molar-refractivity contribution in [3.8, 4) is 0 Å². The summed E-state index contributed by atoms with van der Waals surface area (Å²) < 4.78 is 0. The Morgan fingerprint density at radius 2 is 1.90 bits per heavy atom. The van der Waals surface area contributed by atoms with Gasteiger partial charge < -0.3 is 9.80 Å². The average Bonchev–Trinajstić information content (AvgIpc) is 2.70. The van der Waals surface area contributed by atoms with Crippen LogP contribution in [0.4, 0.5) is 0 Å². The van der Waals surface area contributed by atoms with Crippen LogP contribution in [0.5, 0.6) is 0 Å². The summed E-state index contributed by atoms with van der Waals surface area (Å²) >= 11 is 0. The molecule has 1 saturated heterocycles. The first-order chi connectivity index (χ1) is 9.86. The van der Waals surface area contributed by atoms with E-state index in [9.17, 15) is 4.79 Å². The Kier molecular flexibility index (Phi) is 7.67. The Balaban J connectivity index is 2.43. The van der Waals surface area contributed by atoms with E-state index in [1.165, 1.54) is 0 Å². The van der Waals surface area contributed by atoms with Crippen molar-refractivity contribution in [2.24, 2.45) is 5.92 Å². The van der Waals surface area contributed by atoms with Crippen LogP contribution in [-0.4, -0.2) is 54.1 Å². The molecule has 1 rings (SSSR count). The molecule has 0 aromatic heterocycles. The number of unbranched alkanes of at least 4 members (excludes halogenated alkanes) is 1. The van der Waals surface area contributed by atoms with Gasteiger partial charge in [-0.05, 0) is 59.0 Å². The number of hydrogen-bond donors (Lipinski definition) is 1. The van der Waals surface area contributed by atoms with Crippen molar-refractivity contribution in [2.75, 3.05) is 20.1 Å². The van der Waals surface area contributed by atoms with E-state index in [2.05, 4.69) is 56.8 Å². The van der Waals surface area contributed by atoms with E-state index >= 15 is 0 Å². The van der Waals surface area contributed by atoms with Gasteiger partial charge in [0.15, 0.2) is 0 Å². The maximum atomic E-state index is 12.4. The van der Waals surface area contributed by atoms with Gasteiger partial charge in [0.1, 0.15) is 0 Å². The summed E-state index contributed by atoms with van der Waals surface area (Å²) in [6.45, 7) is 13.0. The van der Waals surface area contributed by atoms with Crippen molar-refractivity contribution in [3.63, 3.8) is 0 Å². The van der Waals surface area contributed by atoms with Gasteiger partial charge in [0, 0.05) is 12.6 Å². The molecule has 0 aromatic rings. The lowest BCUT2D eigenvalue weighted by Crippen LogP contribution is -2.39. The van der Waals surface area contributed by atoms with Crippen molar-refractivity contribution < 1.29 is 4.79 Å². The summed E-state index contributed by atoms with van der Waals surface area (Å²) in [5.41, 5.74) is 0. The molecule has 4 nitrogen and oxygen atoms in total. The van der Waals surface area contributed by atoms with Gasteiger partial charge in [0.25, 0.3) is 0 Å². The van der Waals surface area contributed by atoms with Gasteiger partial charge >= 0.3 is 0 Å². The molecule has 0 radical (unpaired) electrons. The molecule has 0 aliphatic carbocycles. The van der Waals surface area contributed by atoms with Gasteiger partial charge in [0.05, 0.1) is 12.2 Å². The molecular weight excluding hydrogens is 262 g/mol. The summed E-state index contributed by atoms with van der Waals surface area (Å²) in [5.74, 6) is 0.917. The summed E-state index contributed by atoms with van der Waals surface area (Å²) in [4.78, 5) is 16.9. The normalized spacial score (nSPS) is 23.1. The maximum Gasteiger partial charge on any atom is 0.241 e. The fourth-order valence-electron chi connectivity index (χ4n) is 2.85. The quantitative estimate of drug-likeness (QED) is 0.665. The molecule has 124 valence electrons. The molecule has 4 heteroatoms. The summed E-state index contributed by atoms with van der Waals surface area (Å²) in [7, 11) is 2.17. The summed E-state index contributed by atoms with van der Waals surface area (Å²) in [6.07, 6.45) is 4.43. The van der Waals surface area contributed by atoms with Crippen LogP contribution in [0.25, 0.3) is 0 Å². The number of amides is 1. The number of nitrogens with one attached hydrogen (secondary N) is 1. The molecule has 1 aliphatic heterocycles. The highest BCUT2D eigenvalue weighted by Crippen LogP contribution is 2.19. The number of hydrogen-bond acceptors (Lipinski definition) is 3. The second-order valence-corrected chi connectivity index (χ2v) is 7.09. The minimum Gasteiger partial charge on any atom is -0.326 e. The van der Waals surface area contributed by atoms with Gasteiger partial charge in [0.2, 0.25) is 5.91 Å². The van der Waals surface area contributed by atoms with E-state index in [1.807, 2.05) is 0 Å². The molecule has 0 aromatic carbocycles. The van der Waals surface area contributed by atoms with E-state index in [4.69, 9.17) is 0 Å². The Morgan fingerprint density at radius 3 is 2.43 bits per heavy atom. The first kappa shape index (κ1) is 18.4. The first-order valence-electron chi connectivity index (χ1n) is 8.63. The van der Waals surface area contributed by atoms with Gasteiger partial charge in [-0.2, -0.15) is 0 Å². The smallest absolute Gasteiger partial charge is 0.241 e. The molecular formula is C17H35N3O. The van der Waals surface area contributed by atoms with Crippen LogP contribution in [0.2, 0.25) is 0 Å². The molecule has 1 fully saturated rings. The zero-order chi connectivity index (χ0) is 16.0. The van der Waals surface area contributed by atoms with Crippen LogP contribution in [0.3, 0.4) is 0 Å². The highest BCUT2D eigenvalue weighted by Gasteiger charge is 2.37. The SMILES string of the molecule is CCC1NC(CC(C)C)N(CCCCN(C)C(C)C)C1=O. The standard InChI is InChI=1S/C17H35N3O/c1-7-15-17(21)20(16(18-15)12-13(2)3)11-9-8-10-19(6)14(4)5/h13-16,18H,7-12H2,1-6H3. The minimum absolute atomic E-state index is 0.0343. The number of carbonyl (C=O) groups excluding carboxylic acids is 1. The van der Waals surface area contributed by atoms with E-state index in [-0.39, 0.29) is 12.2 Å². The van der Waals surface area contributed by atoms with Crippen molar-refractivity contribution in [1.82, 2.24) is 15.1 Å².